The van der Waals surface area contributed by atoms with Crippen LogP contribution < -0.4 is 5.32 Å². The van der Waals surface area contributed by atoms with Gasteiger partial charge in [0, 0.05) is 12.2 Å². The van der Waals surface area contributed by atoms with Crippen molar-refractivity contribution in [3.05, 3.63) is 64.7 Å². The molecule has 0 spiro atoms. The predicted molar refractivity (Wildman–Crippen MR) is 137 cm³/mol. The highest BCUT2D eigenvalue weighted by molar-refractivity contribution is 5.44. The topological polar surface area (TPSA) is 12.0 Å². The van der Waals surface area contributed by atoms with Gasteiger partial charge >= 0.3 is 0 Å². The molecule has 0 aromatic heterocycles. The first kappa shape index (κ1) is 23.9. The summed E-state index contributed by atoms with van der Waals surface area (Å²) in [7, 11) is 0. The summed E-state index contributed by atoms with van der Waals surface area (Å²) >= 11 is 0. The van der Waals surface area contributed by atoms with Crippen LogP contribution in [0.4, 0.5) is 5.69 Å². The summed E-state index contributed by atoms with van der Waals surface area (Å²) < 4.78 is 0. The van der Waals surface area contributed by atoms with Crippen LogP contribution in [0.2, 0.25) is 0 Å². The zero-order valence-electron chi connectivity index (χ0n) is 20.4. The highest BCUT2D eigenvalue weighted by Gasteiger charge is 2.22. The molecule has 1 aliphatic rings. The molecule has 0 bridgehead atoms. The second kappa shape index (κ2) is 12.9. The smallest absolute Gasteiger partial charge is 0.0340 e. The Balaban J connectivity index is 1.46. The van der Waals surface area contributed by atoms with Crippen LogP contribution in [0.25, 0.3) is 0 Å². The highest BCUT2D eigenvalue weighted by atomic mass is 14.9. The number of nitrogens with one attached hydrogen (secondary N) is 1. The second-order valence-corrected chi connectivity index (χ2v) is 9.88. The number of aryl methyl sites for hydroxylation is 3. The van der Waals surface area contributed by atoms with Crippen molar-refractivity contribution in [3.8, 4) is 0 Å². The Morgan fingerprint density at radius 1 is 0.806 bits per heavy atom. The third kappa shape index (κ3) is 7.70. The van der Waals surface area contributed by atoms with Gasteiger partial charge in [-0.25, -0.2) is 0 Å². The van der Waals surface area contributed by atoms with Gasteiger partial charge in [0.15, 0.2) is 0 Å². The fourth-order valence-corrected chi connectivity index (χ4v) is 5.20. The summed E-state index contributed by atoms with van der Waals surface area (Å²) in [6, 6.07) is 16.4. The molecule has 0 saturated heterocycles. The molecule has 0 radical (unpaired) electrons. The average molecular weight is 420 g/mol. The minimum atomic E-state index is 0.794. The minimum Gasteiger partial charge on any atom is -0.385 e. The molecule has 3 rings (SSSR count). The van der Waals surface area contributed by atoms with Gasteiger partial charge in [-0.1, -0.05) is 76.3 Å². The maximum absolute atomic E-state index is 3.51. The average Bonchev–Trinajstić information content (AvgIpc) is 2.80. The Morgan fingerprint density at radius 3 is 2.23 bits per heavy atom. The lowest BCUT2D eigenvalue weighted by Gasteiger charge is -2.29. The van der Waals surface area contributed by atoms with E-state index >= 15 is 0 Å². The van der Waals surface area contributed by atoms with Crippen LogP contribution in [-0.4, -0.2) is 6.54 Å². The lowest BCUT2D eigenvalue weighted by atomic mass is 9.76. The van der Waals surface area contributed by atoms with Crippen molar-refractivity contribution in [2.24, 2.45) is 5.92 Å². The quantitative estimate of drug-likeness (QED) is 0.339. The summed E-state index contributed by atoms with van der Waals surface area (Å²) in [5.74, 6) is 1.79. The van der Waals surface area contributed by atoms with Crippen LogP contribution in [0.1, 0.15) is 106 Å². The Bertz CT molecular complexity index is 752. The molecule has 1 fully saturated rings. The second-order valence-electron chi connectivity index (χ2n) is 9.88. The normalized spacial score (nSPS) is 18.8. The fourth-order valence-electron chi connectivity index (χ4n) is 5.20. The monoisotopic (exact) mass is 419 g/mol. The van der Waals surface area contributed by atoms with E-state index in [1.165, 1.54) is 86.6 Å². The maximum Gasteiger partial charge on any atom is 0.0340 e. The molecule has 1 heteroatoms. The van der Waals surface area contributed by atoms with Crippen molar-refractivity contribution in [1.82, 2.24) is 0 Å². The SMILES string of the molecule is CCCCC[C@H]1CC[C@H](c2ccc(CCc3ccc(NCCCC)cc3)c(C)c2)CC1. The van der Waals surface area contributed by atoms with Crippen LogP contribution >= 0.6 is 0 Å². The van der Waals surface area contributed by atoms with Crippen LogP contribution in [0.3, 0.4) is 0 Å². The van der Waals surface area contributed by atoms with Gasteiger partial charge in [-0.3, -0.25) is 0 Å². The van der Waals surface area contributed by atoms with E-state index in [4.69, 9.17) is 0 Å². The van der Waals surface area contributed by atoms with Gasteiger partial charge in [-0.05, 0) is 98.1 Å². The summed E-state index contributed by atoms with van der Waals surface area (Å²) in [5.41, 5.74) is 7.28. The Morgan fingerprint density at radius 2 is 1.55 bits per heavy atom. The number of hydrogen-bond donors (Lipinski definition) is 1. The van der Waals surface area contributed by atoms with Crippen LogP contribution in [-0.2, 0) is 12.8 Å². The largest absolute Gasteiger partial charge is 0.385 e. The van der Waals surface area contributed by atoms with Crippen molar-refractivity contribution in [2.45, 2.75) is 104 Å². The number of rotatable bonds is 12. The molecule has 1 saturated carbocycles. The number of unbranched alkanes of at least 4 members (excludes halogenated alkanes) is 3. The summed E-state index contributed by atoms with van der Waals surface area (Å²) in [6.45, 7) is 7.93. The highest BCUT2D eigenvalue weighted by Crippen LogP contribution is 2.38. The van der Waals surface area contributed by atoms with E-state index < -0.39 is 0 Å². The van der Waals surface area contributed by atoms with Crippen molar-refractivity contribution in [3.63, 3.8) is 0 Å². The molecule has 0 aliphatic heterocycles. The zero-order chi connectivity index (χ0) is 21.9. The predicted octanol–water partition coefficient (Wildman–Crippen LogP) is 8.85. The Kier molecular flexibility index (Phi) is 9.97. The van der Waals surface area contributed by atoms with E-state index in [2.05, 4.69) is 68.6 Å². The molecule has 1 aliphatic carbocycles. The first-order valence-corrected chi connectivity index (χ1v) is 13.1. The van der Waals surface area contributed by atoms with Gasteiger partial charge in [-0.2, -0.15) is 0 Å². The van der Waals surface area contributed by atoms with E-state index in [1.807, 2.05) is 0 Å². The molecule has 0 heterocycles. The molecule has 0 amide bonds. The molecule has 0 atom stereocenters. The summed E-state index contributed by atoms with van der Waals surface area (Å²) in [4.78, 5) is 0. The number of benzene rings is 2. The Labute approximate surface area is 192 Å². The van der Waals surface area contributed by atoms with E-state index in [1.54, 1.807) is 5.56 Å². The van der Waals surface area contributed by atoms with Gasteiger partial charge in [0.2, 0.25) is 0 Å². The zero-order valence-corrected chi connectivity index (χ0v) is 20.4. The molecule has 2 aromatic carbocycles. The van der Waals surface area contributed by atoms with E-state index in [9.17, 15) is 0 Å². The number of hydrogen-bond acceptors (Lipinski definition) is 1. The van der Waals surface area contributed by atoms with Crippen molar-refractivity contribution in [2.75, 3.05) is 11.9 Å². The third-order valence-electron chi connectivity index (χ3n) is 7.40. The molecule has 1 N–H and O–H groups in total. The molecule has 0 unspecified atom stereocenters. The van der Waals surface area contributed by atoms with Crippen LogP contribution in [0, 0.1) is 12.8 Å². The van der Waals surface area contributed by atoms with Crippen LogP contribution in [0.5, 0.6) is 0 Å². The minimum absolute atomic E-state index is 0.794. The summed E-state index contributed by atoms with van der Waals surface area (Å²) in [5, 5.41) is 3.51. The standard InChI is InChI=1S/C30H45N/c1-4-6-8-9-25-11-16-28(17-12-25)29-19-18-27(24(3)23-29)15-10-26-13-20-30(21-14-26)31-22-7-5-2/h13-14,18-21,23,25,28,31H,4-12,15-17,22H2,1-3H3/t25-,28-. The third-order valence-corrected chi connectivity index (χ3v) is 7.40. The first-order valence-electron chi connectivity index (χ1n) is 13.1. The molecular weight excluding hydrogens is 374 g/mol. The van der Waals surface area contributed by atoms with Gasteiger partial charge in [0.05, 0.1) is 0 Å². The van der Waals surface area contributed by atoms with Gasteiger partial charge in [0.25, 0.3) is 0 Å². The fraction of sp³-hybridized carbons (Fsp3) is 0.600. The van der Waals surface area contributed by atoms with Crippen molar-refractivity contribution < 1.29 is 0 Å². The van der Waals surface area contributed by atoms with E-state index in [0.717, 1.165) is 31.2 Å². The Hall–Kier alpha value is -1.76. The van der Waals surface area contributed by atoms with E-state index in [0.29, 0.717) is 0 Å². The lowest BCUT2D eigenvalue weighted by molar-refractivity contribution is 0.302. The lowest BCUT2D eigenvalue weighted by Crippen LogP contribution is -2.13. The van der Waals surface area contributed by atoms with Crippen molar-refractivity contribution in [1.29, 1.82) is 0 Å². The maximum atomic E-state index is 3.51. The molecule has 1 nitrogen and oxygen atoms in total. The van der Waals surface area contributed by atoms with Crippen LogP contribution in [0.15, 0.2) is 42.5 Å². The molecule has 31 heavy (non-hydrogen) atoms. The number of anilines is 1. The first-order chi connectivity index (χ1) is 15.2. The van der Waals surface area contributed by atoms with Gasteiger partial charge in [-0.15, -0.1) is 0 Å². The molecule has 170 valence electrons. The van der Waals surface area contributed by atoms with E-state index in [-0.39, 0.29) is 0 Å². The van der Waals surface area contributed by atoms with Crippen molar-refractivity contribution >= 4 is 5.69 Å². The molecule has 2 aromatic rings. The van der Waals surface area contributed by atoms with Gasteiger partial charge in [0.1, 0.15) is 0 Å². The summed E-state index contributed by atoms with van der Waals surface area (Å²) in [6.07, 6.45) is 16.1. The van der Waals surface area contributed by atoms with Gasteiger partial charge < -0.3 is 5.32 Å². The molecular formula is C30H45N.